The van der Waals surface area contributed by atoms with Crippen LogP contribution in [0, 0.1) is 0 Å². The van der Waals surface area contributed by atoms with Gasteiger partial charge in [-0.15, -0.1) is 11.8 Å². The molecule has 2 aromatic carbocycles. The van der Waals surface area contributed by atoms with Crippen LogP contribution in [0.3, 0.4) is 0 Å². The van der Waals surface area contributed by atoms with Crippen LogP contribution in [0.1, 0.15) is 33.7 Å². The highest BCUT2D eigenvalue weighted by molar-refractivity contribution is 7.99. The number of ether oxygens (including phenoxy) is 1. The Kier molecular flexibility index (Phi) is 13.5. The van der Waals surface area contributed by atoms with E-state index in [0.717, 1.165) is 22.8 Å². The number of aromatic nitrogens is 2. The summed E-state index contributed by atoms with van der Waals surface area (Å²) in [5.74, 6) is 6.54. The largest absolute Gasteiger partial charge is 0.491 e. The third-order valence-electron chi connectivity index (χ3n) is 6.46. The van der Waals surface area contributed by atoms with Gasteiger partial charge in [0.2, 0.25) is 5.91 Å². The highest BCUT2D eigenvalue weighted by atomic mass is 35.5. The van der Waals surface area contributed by atoms with Gasteiger partial charge in [-0.05, 0) is 60.9 Å². The average Bonchev–Trinajstić information content (AvgIpc) is 3.06. The van der Waals surface area contributed by atoms with Crippen LogP contribution in [-0.2, 0) is 17.6 Å². The Morgan fingerprint density at radius 2 is 1.69 bits per heavy atom. The Bertz CT molecular complexity index is 1570. The molecule has 0 aliphatic carbocycles. The number of pyridine rings is 2. The molecule has 4 rings (SSSR count). The van der Waals surface area contributed by atoms with E-state index in [1.165, 1.54) is 17.8 Å². The van der Waals surface area contributed by atoms with Crippen molar-refractivity contribution in [2.24, 2.45) is 5.84 Å². The van der Waals surface area contributed by atoms with E-state index < -0.39 is 0 Å². The van der Waals surface area contributed by atoms with Crippen LogP contribution in [0.4, 0.5) is 5.82 Å². The standard InChI is InChI=1S/C33H34Cl2N6O3S/c34-26-8-4-9-27(35)32(26)45-21-17-25-11-13-29(44-20-16-23-6-2-1-3-7-23)28(40-25)12-15-31(42)37-18-5-19-38-33(43)24-10-14-30(41-36)39-22-24/h1-4,6-15,22H,5,16-21,36H2,(H,37,42)(H,38,43)(H,39,41). The Morgan fingerprint density at radius 1 is 0.911 bits per heavy atom. The SMILES string of the molecule is NNc1ccc(C(=O)NCCCNC(=O)C=Cc2nc(CCSc3c(Cl)cccc3Cl)ccc2OCCc2ccccc2)cn1. The number of carbonyl (C=O) groups excluding carboxylic acids is 2. The molecule has 2 amide bonds. The third-order valence-corrected chi connectivity index (χ3v) is 8.45. The Hall–Kier alpha value is -4.09. The first-order valence-corrected chi connectivity index (χ1v) is 16.1. The topological polar surface area (TPSA) is 131 Å². The molecule has 5 N–H and O–H groups in total. The monoisotopic (exact) mass is 664 g/mol. The van der Waals surface area contributed by atoms with Gasteiger partial charge < -0.3 is 20.8 Å². The summed E-state index contributed by atoms with van der Waals surface area (Å²) in [5, 5.41) is 6.87. The van der Waals surface area contributed by atoms with Crippen molar-refractivity contribution in [3.8, 4) is 5.75 Å². The van der Waals surface area contributed by atoms with Crippen LogP contribution >= 0.6 is 35.0 Å². The molecular formula is C33H34Cl2N6O3S. The second-order valence-corrected chi connectivity index (χ2v) is 11.6. The first-order chi connectivity index (χ1) is 21.9. The second-order valence-electron chi connectivity index (χ2n) is 9.73. The molecule has 0 unspecified atom stereocenters. The van der Waals surface area contributed by atoms with Crippen LogP contribution in [-0.4, -0.2) is 47.2 Å². The highest BCUT2D eigenvalue weighted by Gasteiger charge is 2.10. The fourth-order valence-electron chi connectivity index (χ4n) is 4.12. The number of nitrogens with one attached hydrogen (secondary N) is 3. The van der Waals surface area contributed by atoms with Crippen molar-refractivity contribution in [3.05, 3.63) is 118 Å². The van der Waals surface area contributed by atoms with E-state index in [1.807, 2.05) is 48.5 Å². The average molecular weight is 666 g/mol. The smallest absolute Gasteiger partial charge is 0.252 e. The fraction of sp³-hybridized carbons (Fsp3) is 0.212. The molecule has 2 heterocycles. The number of nitrogens with zero attached hydrogens (tertiary/aromatic N) is 2. The Balaban J connectivity index is 1.30. The van der Waals surface area contributed by atoms with Crippen molar-refractivity contribution in [2.45, 2.75) is 24.2 Å². The predicted octanol–water partition coefficient (Wildman–Crippen LogP) is 5.97. The lowest BCUT2D eigenvalue weighted by atomic mass is 10.2. The zero-order chi connectivity index (χ0) is 31.9. The lowest BCUT2D eigenvalue weighted by Gasteiger charge is -2.11. The molecular weight excluding hydrogens is 631 g/mol. The molecule has 0 atom stereocenters. The van der Waals surface area contributed by atoms with E-state index in [9.17, 15) is 9.59 Å². The number of thioether (sulfide) groups is 1. The van der Waals surface area contributed by atoms with Gasteiger partial charge in [-0.2, -0.15) is 0 Å². The number of rotatable bonds is 16. The number of nitrogens with two attached hydrogens (primary N) is 1. The van der Waals surface area contributed by atoms with Crippen LogP contribution in [0.15, 0.2) is 90.0 Å². The first-order valence-electron chi connectivity index (χ1n) is 14.3. The summed E-state index contributed by atoms with van der Waals surface area (Å²) in [4.78, 5) is 34.5. The number of hydrogen-bond donors (Lipinski definition) is 4. The number of benzene rings is 2. The number of aryl methyl sites for hydroxylation is 1. The van der Waals surface area contributed by atoms with Crippen LogP contribution in [0.5, 0.6) is 5.75 Å². The molecule has 0 saturated carbocycles. The molecule has 9 nitrogen and oxygen atoms in total. The molecule has 0 aliphatic heterocycles. The van der Waals surface area contributed by atoms with Crippen molar-refractivity contribution >= 4 is 58.7 Å². The van der Waals surface area contributed by atoms with Gasteiger partial charge in [0, 0.05) is 48.1 Å². The number of amides is 2. The van der Waals surface area contributed by atoms with Crippen LogP contribution in [0.25, 0.3) is 6.08 Å². The second kappa shape index (κ2) is 18.0. The molecule has 0 fully saturated rings. The summed E-state index contributed by atoms with van der Waals surface area (Å²) < 4.78 is 6.08. The van der Waals surface area contributed by atoms with Crippen LogP contribution < -0.4 is 26.6 Å². The summed E-state index contributed by atoms with van der Waals surface area (Å²) >= 11 is 14.2. The minimum absolute atomic E-state index is 0.253. The van der Waals surface area contributed by atoms with Crippen molar-refractivity contribution in [2.75, 3.05) is 30.9 Å². The Labute approximate surface area is 276 Å². The maximum Gasteiger partial charge on any atom is 0.252 e. The van der Waals surface area contributed by atoms with Crippen molar-refractivity contribution in [1.82, 2.24) is 20.6 Å². The summed E-state index contributed by atoms with van der Waals surface area (Å²) in [6, 6.07) is 22.6. The van der Waals surface area contributed by atoms with Gasteiger partial charge in [-0.25, -0.2) is 15.8 Å². The van der Waals surface area contributed by atoms with Gasteiger partial charge in [-0.3, -0.25) is 9.59 Å². The van der Waals surface area contributed by atoms with E-state index in [2.05, 4.69) is 33.2 Å². The van der Waals surface area contributed by atoms with Gasteiger partial charge in [0.25, 0.3) is 5.91 Å². The summed E-state index contributed by atoms with van der Waals surface area (Å²) in [6.45, 7) is 1.24. The zero-order valence-electron chi connectivity index (χ0n) is 24.5. The molecule has 2 aromatic heterocycles. The lowest BCUT2D eigenvalue weighted by molar-refractivity contribution is -0.116. The van der Waals surface area contributed by atoms with E-state index in [0.29, 0.717) is 65.4 Å². The van der Waals surface area contributed by atoms with Crippen LogP contribution in [0.2, 0.25) is 10.0 Å². The van der Waals surface area contributed by atoms with E-state index in [-0.39, 0.29) is 11.8 Å². The summed E-state index contributed by atoms with van der Waals surface area (Å²) in [6.07, 6.45) is 6.49. The number of halogens is 2. The van der Waals surface area contributed by atoms with Crippen molar-refractivity contribution < 1.29 is 14.3 Å². The molecule has 45 heavy (non-hydrogen) atoms. The summed E-state index contributed by atoms with van der Waals surface area (Å²) in [7, 11) is 0. The number of hydrogen-bond acceptors (Lipinski definition) is 8. The molecule has 0 bridgehead atoms. The quantitative estimate of drug-likeness (QED) is 0.0379. The van der Waals surface area contributed by atoms with Gasteiger partial charge in [-0.1, -0.05) is 59.6 Å². The maximum atomic E-state index is 12.6. The molecule has 234 valence electrons. The van der Waals surface area contributed by atoms with Gasteiger partial charge in [0.05, 0.1) is 22.2 Å². The van der Waals surface area contributed by atoms with E-state index >= 15 is 0 Å². The minimum atomic E-state index is -0.276. The number of carbonyl (C=O) groups is 2. The normalized spacial score (nSPS) is 10.9. The molecule has 0 spiro atoms. The molecule has 0 saturated heterocycles. The fourth-order valence-corrected chi connectivity index (χ4v) is 5.77. The summed E-state index contributed by atoms with van der Waals surface area (Å²) in [5.41, 5.74) is 5.41. The van der Waals surface area contributed by atoms with E-state index in [1.54, 1.807) is 30.0 Å². The maximum absolute atomic E-state index is 12.6. The van der Waals surface area contributed by atoms with E-state index in [4.69, 9.17) is 38.8 Å². The predicted molar refractivity (Wildman–Crippen MR) is 182 cm³/mol. The van der Waals surface area contributed by atoms with Crippen molar-refractivity contribution in [1.29, 1.82) is 0 Å². The number of anilines is 1. The van der Waals surface area contributed by atoms with Gasteiger partial charge >= 0.3 is 0 Å². The number of nitrogen functional groups attached to an aromatic ring is 1. The van der Waals surface area contributed by atoms with Gasteiger partial charge in [0.15, 0.2) is 0 Å². The molecule has 4 aromatic rings. The number of hydrazine groups is 1. The molecule has 0 radical (unpaired) electrons. The minimum Gasteiger partial charge on any atom is -0.491 e. The Morgan fingerprint density at radius 3 is 2.42 bits per heavy atom. The molecule has 0 aliphatic rings. The van der Waals surface area contributed by atoms with Crippen molar-refractivity contribution in [3.63, 3.8) is 0 Å². The van der Waals surface area contributed by atoms with Gasteiger partial charge in [0.1, 0.15) is 17.3 Å². The highest BCUT2D eigenvalue weighted by Crippen LogP contribution is 2.34. The molecule has 12 heteroatoms. The zero-order valence-corrected chi connectivity index (χ0v) is 26.8. The lowest BCUT2D eigenvalue weighted by Crippen LogP contribution is -2.29. The first kappa shape index (κ1) is 33.8. The third kappa shape index (κ3) is 11.1.